The zero-order chi connectivity index (χ0) is 14.2. The van der Waals surface area contributed by atoms with Crippen molar-refractivity contribution in [1.82, 2.24) is 0 Å². The molecule has 1 aromatic rings. The Kier molecular flexibility index (Phi) is 2.32. The largest absolute Gasteiger partial charge is 0.363 e. The van der Waals surface area contributed by atoms with Crippen LogP contribution in [-0.2, 0) is 14.5 Å². The van der Waals surface area contributed by atoms with Crippen molar-refractivity contribution in [1.29, 1.82) is 0 Å². The molecule has 0 radical (unpaired) electrons. The van der Waals surface area contributed by atoms with Crippen LogP contribution in [0.5, 0.6) is 0 Å². The van der Waals surface area contributed by atoms with E-state index in [9.17, 15) is 5.11 Å². The van der Waals surface area contributed by atoms with Crippen molar-refractivity contribution >= 4 is 0 Å². The van der Waals surface area contributed by atoms with Crippen LogP contribution in [0.3, 0.4) is 0 Å². The number of benzene rings is 1. The fourth-order valence-corrected chi connectivity index (χ4v) is 5.18. The van der Waals surface area contributed by atoms with Gasteiger partial charge in [-0.1, -0.05) is 24.3 Å². The standard InChI is InChI=1S/C16H20O4/c1-14(17)16(15(2,18-3)20-19-14)12-8-9-13(16)11-7-5-4-6-10(11)12/h4-7,12-13,17H,8-9H2,1-3H3/t12-,13-,14+,15-/m0/s1. The van der Waals surface area contributed by atoms with Gasteiger partial charge in [-0.15, -0.1) is 0 Å². The van der Waals surface area contributed by atoms with Gasteiger partial charge in [-0.25, -0.2) is 0 Å². The molecule has 4 rings (SSSR count). The van der Waals surface area contributed by atoms with Crippen molar-refractivity contribution in [2.45, 2.75) is 50.1 Å². The van der Waals surface area contributed by atoms with Crippen molar-refractivity contribution in [3.63, 3.8) is 0 Å². The maximum Gasteiger partial charge on any atom is 0.210 e. The number of hydrogen-bond donors (Lipinski definition) is 1. The second-order valence-corrected chi connectivity index (χ2v) is 6.48. The van der Waals surface area contributed by atoms with E-state index in [0.717, 1.165) is 12.8 Å². The van der Waals surface area contributed by atoms with Gasteiger partial charge >= 0.3 is 0 Å². The average molecular weight is 276 g/mol. The van der Waals surface area contributed by atoms with E-state index in [1.807, 2.05) is 6.92 Å². The quantitative estimate of drug-likeness (QED) is 0.801. The van der Waals surface area contributed by atoms with Crippen LogP contribution in [0.2, 0.25) is 0 Å². The van der Waals surface area contributed by atoms with Crippen LogP contribution in [0.4, 0.5) is 0 Å². The lowest BCUT2D eigenvalue weighted by molar-refractivity contribution is -0.418. The number of rotatable bonds is 1. The van der Waals surface area contributed by atoms with Crippen LogP contribution in [0, 0.1) is 5.41 Å². The Bertz CT molecular complexity index is 536. The fourth-order valence-electron chi connectivity index (χ4n) is 5.18. The second kappa shape index (κ2) is 3.63. The Morgan fingerprint density at radius 1 is 1.10 bits per heavy atom. The van der Waals surface area contributed by atoms with Crippen LogP contribution in [0.25, 0.3) is 0 Å². The Labute approximate surface area is 118 Å². The monoisotopic (exact) mass is 276 g/mol. The number of ether oxygens (including phenoxy) is 1. The summed E-state index contributed by atoms with van der Waals surface area (Å²) in [7, 11) is 1.62. The van der Waals surface area contributed by atoms with E-state index >= 15 is 0 Å². The highest BCUT2D eigenvalue weighted by Crippen LogP contribution is 2.75. The molecular weight excluding hydrogens is 256 g/mol. The third kappa shape index (κ3) is 1.11. The van der Waals surface area contributed by atoms with Gasteiger partial charge < -0.3 is 9.84 Å². The summed E-state index contributed by atoms with van der Waals surface area (Å²) < 4.78 is 5.68. The first-order valence-electron chi connectivity index (χ1n) is 7.21. The van der Waals surface area contributed by atoms with Gasteiger partial charge in [-0.05, 0) is 37.8 Å². The predicted molar refractivity (Wildman–Crippen MR) is 71.8 cm³/mol. The van der Waals surface area contributed by atoms with E-state index in [1.54, 1.807) is 14.0 Å². The molecule has 1 aromatic carbocycles. The topological polar surface area (TPSA) is 47.9 Å². The first kappa shape index (κ1) is 12.8. The molecule has 1 aliphatic heterocycles. The van der Waals surface area contributed by atoms with Crippen molar-refractivity contribution in [3.05, 3.63) is 35.4 Å². The normalized spacial score (nSPS) is 49.0. The number of hydrogen-bond acceptors (Lipinski definition) is 4. The van der Waals surface area contributed by atoms with Crippen LogP contribution >= 0.6 is 0 Å². The van der Waals surface area contributed by atoms with E-state index in [2.05, 4.69) is 24.3 Å². The molecule has 108 valence electrons. The summed E-state index contributed by atoms with van der Waals surface area (Å²) in [6.45, 7) is 3.58. The lowest BCUT2D eigenvalue weighted by Crippen LogP contribution is -2.56. The number of aliphatic hydroxyl groups is 1. The number of methoxy groups -OCH3 is 1. The van der Waals surface area contributed by atoms with Crippen LogP contribution in [0.15, 0.2) is 24.3 Å². The van der Waals surface area contributed by atoms with E-state index in [-0.39, 0.29) is 11.8 Å². The summed E-state index contributed by atoms with van der Waals surface area (Å²) in [4.78, 5) is 10.8. The SMILES string of the molecule is CO[C@@]1(C)OO[C@@](C)(O)C12[C@H]1CC[C@H]2c2ccccc21. The minimum absolute atomic E-state index is 0.200. The molecule has 4 atom stereocenters. The summed E-state index contributed by atoms with van der Waals surface area (Å²) >= 11 is 0. The first-order chi connectivity index (χ1) is 9.48. The molecular formula is C16H20O4. The predicted octanol–water partition coefficient (Wildman–Crippen LogP) is 2.68. The summed E-state index contributed by atoms with van der Waals surface area (Å²) in [5, 5.41) is 10.9. The van der Waals surface area contributed by atoms with Gasteiger partial charge in [0.05, 0.1) is 5.41 Å². The molecule has 1 spiro atoms. The molecule has 4 heteroatoms. The highest BCUT2D eigenvalue weighted by Gasteiger charge is 2.79. The van der Waals surface area contributed by atoms with Gasteiger partial charge in [-0.2, -0.15) is 9.78 Å². The molecule has 1 heterocycles. The van der Waals surface area contributed by atoms with E-state index in [1.165, 1.54) is 11.1 Å². The third-order valence-electron chi connectivity index (χ3n) is 5.86. The zero-order valence-corrected chi connectivity index (χ0v) is 12.1. The van der Waals surface area contributed by atoms with E-state index in [4.69, 9.17) is 14.5 Å². The Morgan fingerprint density at radius 2 is 1.65 bits per heavy atom. The Hall–Kier alpha value is -0.940. The zero-order valence-electron chi connectivity index (χ0n) is 12.1. The molecule has 2 aliphatic carbocycles. The Balaban J connectivity index is 1.98. The van der Waals surface area contributed by atoms with Gasteiger partial charge in [0.15, 0.2) is 0 Å². The second-order valence-electron chi connectivity index (χ2n) is 6.48. The summed E-state index contributed by atoms with van der Waals surface area (Å²) in [6.07, 6.45) is 2.06. The molecule has 0 unspecified atom stereocenters. The summed E-state index contributed by atoms with van der Waals surface area (Å²) in [5.41, 5.74) is 2.03. The average Bonchev–Trinajstić information content (AvgIpc) is 3.05. The molecule has 1 N–H and O–H groups in total. The molecule has 20 heavy (non-hydrogen) atoms. The van der Waals surface area contributed by atoms with Gasteiger partial charge in [0.25, 0.3) is 0 Å². The van der Waals surface area contributed by atoms with Crippen LogP contribution < -0.4 is 0 Å². The Morgan fingerprint density at radius 3 is 2.15 bits per heavy atom. The lowest BCUT2D eigenvalue weighted by Gasteiger charge is -2.44. The maximum atomic E-state index is 10.9. The fraction of sp³-hybridized carbons (Fsp3) is 0.625. The van der Waals surface area contributed by atoms with E-state index < -0.39 is 17.0 Å². The molecule has 1 saturated carbocycles. The van der Waals surface area contributed by atoms with Crippen LogP contribution in [-0.4, -0.2) is 23.8 Å². The van der Waals surface area contributed by atoms with Gasteiger partial charge in [-0.3, -0.25) is 0 Å². The minimum Gasteiger partial charge on any atom is -0.363 e. The molecule has 1 saturated heterocycles. The van der Waals surface area contributed by atoms with Crippen molar-refractivity contribution in [2.24, 2.45) is 5.41 Å². The molecule has 3 aliphatic rings. The van der Waals surface area contributed by atoms with E-state index in [0.29, 0.717) is 0 Å². The smallest absolute Gasteiger partial charge is 0.210 e. The van der Waals surface area contributed by atoms with Gasteiger partial charge in [0.2, 0.25) is 11.6 Å². The molecule has 4 nitrogen and oxygen atoms in total. The van der Waals surface area contributed by atoms with Crippen molar-refractivity contribution in [2.75, 3.05) is 7.11 Å². The number of fused-ring (bicyclic) bond motifs is 3. The van der Waals surface area contributed by atoms with Gasteiger partial charge in [0, 0.05) is 18.9 Å². The third-order valence-corrected chi connectivity index (χ3v) is 5.86. The highest BCUT2D eigenvalue weighted by molar-refractivity contribution is 5.48. The van der Waals surface area contributed by atoms with Crippen LogP contribution in [0.1, 0.15) is 49.7 Å². The van der Waals surface area contributed by atoms with Crippen molar-refractivity contribution in [3.8, 4) is 0 Å². The first-order valence-corrected chi connectivity index (χ1v) is 7.21. The molecule has 2 fully saturated rings. The summed E-state index contributed by atoms with van der Waals surface area (Å²) in [6, 6.07) is 8.43. The summed E-state index contributed by atoms with van der Waals surface area (Å²) in [5.74, 6) is -1.90. The lowest BCUT2D eigenvalue weighted by atomic mass is 9.64. The van der Waals surface area contributed by atoms with Crippen molar-refractivity contribution < 1.29 is 19.6 Å². The minimum atomic E-state index is -1.36. The van der Waals surface area contributed by atoms with Gasteiger partial charge in [0.1, 0.15) is 0 Å². The maximum absolute atomic E-state index is 10.9. The molecule has 2 bridgehead atoms. The highest BCUT2D eigenvalue weighted by atomic mass is 17.3. The molecule has 0 aromatic heterocycles. The molecule has 0 amide bonds.